The molecular weight excluding hydrogens is 294 g/mol. The molecule has 3 aromatic rings. The predicted molar refractivity (Wildman–Crippen MR) is 83.5 cm³/mol. The molecule has 0 aromatic carbocycles. The number of hydrogen-bond donors (Lipinski definition) is 2. The summed E-state index contributed by atoms with van der Waals surface area (Å²) in [6.45, 7) is 0.796. The number of hydrogen-bond acceptors (Lipinski definition) is 6. The van der Waals surface area contributed by atoms with Gasteiger partial charge in [-0.05, 0) is 30.3 Å². The van der Waals surface area contributed by atoms with Crippen LogP contribution in [0.2, 0.25) is 0 Å². The van der Waals surface area contributed by atoms with Gasteiger partial charge in [0.15, 0.2) is 0 Å². The predicted octanol–water partition coefficient (Wildman–Crippen LogP) is 2.01. The van der Waals surface area contributed by atoms with Crippen LogP contribution in [0, 0.1) is 0 Å². The lowest BCUT2D eigenvalue weighted by Gasteiger charge is -2.06. The lowest BCUT2D eigenvalue weighted by molar-refractivity contribution is 0.0943. The van der Waals surface area contributed by atoms with Crippen LogP contribution in [-0.2, 0) is 13.1 Å². The van der Waals surface area contributed by atoms with Gasteiger partial charge < -0.3 is 15.1 Å². The largest absolute Gasteiger partial charge is 0.467 e. The zero-order chi connectivity index (χ0) is 15.9. The van der Waals surface area contributed by atoms with Crippen molar-refractivity contribution in [2.45, 2.75) is 13.1 Å². The summed E-state index contributed by atoms with van der Waals surface area (Å²) >= 11 is 0. The normalized spacial score (nSPS) is 10.3. The van der Waals surface area contributed by atoms with E-state index in [0.717, 1.165) is 5.69 Å². The number of nitrogens with zero attached hydrogens (tertiary/aromatic N) is 3. The molecule has 0 spiro atoms. The Hall–Kier alpha value is -3.22. The Morgan fingerprint density at radius 1 is 1.04 bits per heavy atom. The molecule has 0 aliphatic carbocycles. The molecule has 3 rings (SSSR count). The third kappa shape index (κ3) is 4.13. The van der Waals surface area contributed by atoms with Crippen LogP contribution in [-0.4, -0.2) is 20.9 Å². The molecule has 0 saturated carbocycles. The molecule has 0 radical (unpaired) electrons. The summed E-state index contributed by atoms with van der Waals surface area (Å²) in [6, 6.07) is 10.8. The molecule has 0 fully saturated rings. The van der Waals surface area contributed by atoms with E-state index >= 15 is 0 Å². The monoisotopic (exact) mass is 309 g/mol. The van der Waals surface area contributed by atoms with Crippen molar-refractivity contribution in [2.75, 3.05) is 5.32 Å². The first-order chi connectivity index (χ1) is 11.3. The molecule has 3 aromatic heterocycles. The molecule has 7 heteroatoms. The van der Waals surface area contributed by atoms with Crippen molar-refractivity contribution in [3.05, 3.63) is 72.2 Å². The Kier molecular flexibility index (Phi) is 4.58. The maximum absolute atomic E-state index is 12.1. The van der Waals surface area contributed by atoms with E-state index in [4.69, 9.17) is 4.42 Å². The van der Waals surface area contributed by atoms with Gasteiger partial charge in [0.1, 0.15) is 11.5 Å². The number of pyridine rings is 1. The third-order valence-electron chi connectivity index (χ3n) is 3.05. The molecule has 0 bridgehead atoms. The number of anilines is 1. The SMILES string of the molecule is O=C(NCc1ccco1)c1ccnc(NCc2ccccn2)n1. The summed E-state index contributed by atoms with van der Waals surface area (Å²) in [5, 5.41) is 5.78. The molecule has 0 atom stereocenters. The zero-order valence-electron chi connectivity index (χ0n) is 12.3. The van der Waals surface area contributed by atoms with Gasteiger partial charge in [-0.2, -0.15) is 0 Å². The van der Waals surface area contributed by atoms with Gasteiger partial charge in [0.2, 0.25) is 5.95 Å². The van der Waals surface area contributed by atoms with Crippen molar-refractivity contribution in [3.63, 3.8) is 0 Å². The first kappa shape index (κ1) is 14.7. The summed E-state index contributed by atoms with van der Waals surface area (Å²) in [4.78, 5) is 24.6. The van der Waals surface area contributed by atoms with Crippen molar-refractivity contribution < 1.29 is 9.21 Å². The van der Waals surface area contributed by atoms with Gasteiger partial charge in [0.05, 0.1) is 25.0 Å². The summed E-state index contributed by atoms with van der Waals surface area (Å²) in [5.74, 6) is 0.770. The number of carbonyl (C=O) groups is 1. The topological polar surface area (TPSA) is 92.9 Å². The highest BCUT2D eigenvalue weighted by Gasteiger charge is 2.09. The second-order valence-electron chi connectivity index (χ2n) is 4.70. The summed E-state index contributed by atoms with van der Waals surface area (Å²) < 4.78 is 5.16. The van der Waals surface area contributed by atoms with Crippen LogP contribution in [0.25, 0.3) is 0 Å². The van der Waals surface area contributed by atoms with Crippen LogP contribution in [0.4, 0.5) is 5.95 Å². The van der Waals surface area contributed by atoms with Crippen LogP contribution in [0.5, 0.6) is 0 Å². The molecule has 0 saturated heterocycles. The van der Waals surface area contributed by atoms with Gasteiger partial charge in [-0.3, -0.25) is 9.78 Å². The van der Waals surface area contributed by atoms with Gasteiger partial charge in [-0.1, -0.05) is 6.07 Å². The first-order valence-electron chi connectivity index (χ1n) is 7.09. The number of amides is 1. The standard InChI is InChI=1S/C16H15N5O2/c22-15(19-11-13-5-3-9-23-13)14-6-8-18-16(21-14)20-10-12-4-1-2-7-17-12/h1-9H,10-11H2,(H,19,22)(H,18,20,21). The minimum absolute atomic E-state index is 0.287. The number of nitrogens with one attached hydrogen (secondary N) is 2. The third-order valence-corrected chi connectivity index (χ3v) is 3.05. The van der Waals surface area contributed by atoms with Gasteiger partial charge in [-0.25, -0.2) is 9.97 Å². The summed E-state index contributed by atoms with van der Waals surface area (Å²) in [6.07, 6.45) is 4.82. The fourth-order valence-corrected chi connectivity index (χ4v) is 1.91. The molecule has 0 aliphatic heterocycles. The smallest absolute Gasteiger partial charge is 0.270 e. The number of aromatic nitrogens is 3. The Labute approximate surface area is 132 Å². The fourth-order valence-electron chi connectivity index (χ4n) is 1.91. The number of carbonyl (C=O) groups excluding carboxylic acids is 1. The highest BCUT2D eigenvalue weighted by atomic mass is 16.3. The minimum Gasteiger partial charge on any atom is -0.467 e. The van der Waals surface area contributed by atoms with Gasteiger partial charge >= 0.3 is 0 Å². The van der Waals surface area contributed by atoms with Crippen molar-refractivity contribution >= 4 is 11.9 Å². The van der Waals surface area contributed by atoms with Crippen LogP contribution in [0.15, 0.2) is 59.5 Å². The Balaban J connectivity index is 1.59. The van der Waals surface area contributed by atoms with Gasteiger partial charge in [-0.15, -0.1) is 0 Å². The fraction of sp³-hybridized carbons (Fsp3) is 0.125. The molecule has 1 amide bonds. The van der Waals surface area contributed by atoms with Gasteiger partial charge in [0, 0.05) is 12.4 Å². The number of furan rings is 1. The Morgan fingerprint density at radius 3 is 2.78 bits per heavy atom. The molecule has 0 unspecified atom stereocenters. The van der Waals surface area contributed by atoms with Crippen molar-refractivity contribution in [1.82, 2.24) is 20.3 Å². The van der Waals surface area contributed by atoms with Crippen molar-refractivity contribution in [1.29, 1.82) is 0 Å². The molecule has 0 aliphatic rings. The number of rotatable bonds is 6. The lowest BCUT2D eigenvalue weighted by atomic mass is 10.3. The average Bonchev–Trinajstić information content (AvgIpc) is 3.12. The quantitative estimate of drug-likeness (QED) is 0.723. The average molecular weight is 309 g/mol. The summed E-state index contributed by atoms with van der Waals surface area (Å²) in [7, 11) is 0. The van der Waals surface area contributed by atoms with E-state index in [9.17, 15) is 4.79 Å². The van der Waals surface area contributed by atoms with E-state index in [1.54, 1.807) is 30.7 Å². The highest BCUT2D eigenvalue weighted by molar-refractivity contribution is 5.92. The van der Waals surface area contributed by atoms with Crippen LogP contribution < -0.4 is 10.6 Å². The molecule has 2 N–H and O–H groups in total. The maximum Gasteiger partial charge on any atom is 0.270 e. The van der Waals surface area contributed by atoms with E-state index in [1.807, 2.05) is 18.2 Å². The minimum atomic E-state index is -0.287. The molecule has 116 valence electrons. The zero-order valence-corrected chi connectivity index (χ0v) is 12.3. The van der Waals surface area contributed by atoms with Crippen molar-refractivity contribution in [2.24, 2.45) is 0 Å². The maximum atomic E-state index is 12.1. The molecule has 23 heavy (non-hydrogen) atoms. The molecule has 7 nitrogen and oxygen atoms in total. The van der Waals surface area contributed by atoms with Crippen LogP contribution in [0.1, 0.15) is 21.9 Å². The highest BCUT2D eigenvalue weighted by Crippen LogP contribution is 2.04. The lowest BCUT2D eigenvalue weighted by Crippen LogP contribution is -2.24. The van der Waals surface area contributed by atoms with E-state index in [1.165, 1.54) is 6.20 Å². The second-order valence-corrected chi connectivity index (χ2v) is 4.70. The van der Waals surface area contributed by atoms with Crippen LogP contribution >= 0.6 is 0 Å². The van der Waals surface area contributed by atoms with E-state index in [2.05, 4.69) is 25.6 Å². The van der Waals surface area contributed by atoms with E-state index < -0.39 is 0 Å². The second kappa shape index (κ2) is 7.17. The van der Waals surface area contributed by atoms with Gasteiger partial charge in [0.25, 0.3) is 5.91 Å². The molecular formula is C16H15N5O2. The molecule has 3 heterocycles. The Bertz CT molecular complexity index is 759. The van der Waals surface area contributed by atoms with E-state index in [0.29, 0.717) is 24.8 Å². The summed E-state index contributed by atoms with van der Waals surface area (Å²) in [5.41, 5.74) is 1.15. The van der Waals surface area contributed by atoms with E-state index in [-0.39, 0.29) is 11.6 Å². The Morgan fingerprint density at radius 2 is 2.00 bits per heavy atom. The van der Waals surface area contributed by atoms with Crippen molar-refractivity contribution in [3.8, 4) is 0 Å². The first-order valence-corrected chi connectivity index (χ1v) is 7.09. The van der Waals surface area contributed by atoms with Crippen LogP contribution in [0.3, 0.4) is 0 Å².